The molecule has 1 atom stereocenters. The first-order chi connectivity index (χ1) is 7.11. The van der Waals surface area contributed by atoms with Gasteiger partial charge in [0.15, 0.2) is 8.38 Å². The molecule has 0 aliphatic heterocycles. The Kier molecular flexibility index (Phi) is 5.20. The summed E-state index contributed by atoms with van der Waals surface area (Å²) in [6, 6.07) is 9.95. The van der Waals surface area contributed by atoms with Gasteiger partial charge >= 0.3 is 0 Å². The Bertz CT molecular complexity index is 269. The lowest BCUT2D eigenvalue weighted by Crippen LogP contribution is -2.31. The van der Waals surface area contributed by atoms with Gasteiger partial charge in [0.2, 0.25) is 0 Å². The van der Waals surface area contributed by atoms with E-state index in [4.69, 9.17) is 0 Å². The Morgan fingerprint density at radius 3 is 2.27 bits per heavy atom. The Balaban J connectivity index is 2.47. The quantitative estimate of drug-likeness (QED) is 0.675. The second-order valence-corrected chi connectivity index (χ2v) is 5.07. The molecule has 3 nitrogen and oxygen atoms in total. The Morgan fingerprint density at radius 1 is 1.20 bits per heavy atom. The monoisotopic (exact) mass is 227 g/mol. The van der Waals surface area contributed by atoms with Gasteiger partial charge in [-0.3, -0.25) is 0 Å². The van der Waals surface area contributed by atoms with Gasteiger partial charge in [-0.2, -0.15) is 0 Å². The maximum atomic E-state index is 9.22. The average molecular weight is 227 g/mol. The maximum Gasteiger partial charge on any atom is 0.183 e. The van der Waals surface area contributed by atoms with Crippen LogP contribution in [0, 0.1) is 5.92 Å². The lowest BCUT2D eigenvalue weighted by Gasteiger charge is -2.23. The molecule has 0 saturated carbocycles. The van der Waals surface area contributed by atoms with E-state index in [1.165, 1.54) is 0 Å². The molecule has 0 saturated heterocycles. The predicted octanol–water partition coefficient (Wildman–Crippen LogP) is 2.05. The fourth-order valence-corrected chi connectivity index (χ4v) is 2.19. The third kappa shape index (κ3) is 4.27. The standard InChI is InChI=1S/C11H18NO2P/c1-9(2)11(15(13)14)12-8-10-6-4-3-5-7-10/h3-7,9,11-14H,8H2,1-2H3. The molecule has 4 heteroatoms. The zero-order valence-corrected chi connectivity index (χ0v) is 9.98. The smallest absolute Gasteiger partial charge is 0.183 e. The van der Waals surface area contributed by atoms with Crippen molar-refractivity contribution < 1.29 is 9.79 Å². The molecule has 0 spiro atoms. The number of hydrogen-bond donors (Lipinski definition) is 3. The van der Waals surface area contributed by atoms with Gasteiger partial charge in [-0.15, -0.1) is 0 Å². The molecular formula is C11H18NO2P. The molecule has 0 aliphatic rings. The molecule has 1 rings (SSSR count). The highest BCUT2D eigenvalue weighted by molar-refractivity contribution is 7.45. The predicted molar refractivity (Wildman–Crippen MR) is 63.3 cm³/mol. The molecule has 0 amide bonds. The van der Waals surface area contributed by atoms with Crippen LogP contribution in [0.5, 0.6) is 0 Å². The SMILES string of the molecule is CC(C)C(NCc1ccccc1)P(O)O. The van der Waals surface area contributed by atoms with E-state index >= 15 is 0 Å². The molecule has 1 unspecified atom stereocenters. The molecule has 1 aromatic carbocycles. The summed E-state index contributed by atoms with van der Waals surface area (Å²) in [4.78, 5) is 18.4. The van der Waals surface area contributed by atoms with Crippen molar-refractivity contribution in [2.24, 2.45) is 5.92 Å². The first-order valence-electron chi connectivity index (χ1n) is 5.05. The minimum Gasteiger partial charge on any atom is -0.349 e. The Morgan fingerprint density at radius 2 is 1.80 bits per heavy atom. The van der Waals surface area contributed by atoms with Crippen molar-refractivity contribution in [1.82, 2.24) is 5.32 Å². The maximum absolute atomic E-state index is 9.22. The summed E-state index contributed by atoms with van der Waals surface area (Å²) in [5.74, 6) is -0.00460. The number of benzene rings is 1. The van der Waals surface area contributed by atoms with Crippen molar-refractivity contribution in [2.75, 3.05) is 0 Å². The van der Waals surface area contributed by atoms with Crippen molar-refractivity contribution in [3.63, 3.8) is 0 Å². The zero-order valence-electron chi connectivity index (χ0n) is 9.09. The van der Waals surface area contributed by atoms with Gasteiger partial charge in [0.25, 0.3) is 0 Å². The van der Waals surface area contributed by atoms with Gasteiger partial charge in [-0.1, -0.05) is 44.2 Å². The molecular weight excluding hydrogens is 209 g/mol. The van der Waals surface area contributed by atoms with Crippen molar-refractivity contribution >= 4 is 8.38 Å². The number of rotatable bonds is 5. The summed E-state index contributed by atoms with van der Waals surface area (Å²) in [7, 11) is -1.91. The van der Waals surface area contributed by atoms with Gasteiger partial charge in [0, 0.05) is 6.54 Å². The van der Waals surface area contributed by atoms with Crippen molar-refractivity contribution in [3.05, 3.63) is 35.9 Å². The van der Waals surface area contributed by atoms with Crippen LogP contribution in [0.1, 0.15) is 19.4 Å². The number of nitrogens with one attached hydrogen (secondary N) is 1. The van der Waals surface area contributed by atoms with Crippen LogP contribution in [0.2, 0.25) is 0 Å². The van der Waals surface area contributed by atoms with Gasteiger partial charge in [0.1, 0.15) is 0 Å². The van der Waals surface area contributed by atoms with Gasteiger partial charge in [-0.05, 0) is 11.5 Å². The van der Waals surface area contributed by atoms with E-state index in [9.17, 15) is 9.79 Å². The normalized spacial score (nSPS) is 13.5. The van der Waals surface area contributed by atoms with Crippen LogP contribution in [0.4, 0.5) is 0 Å². The second kappa shape index (κ2) is 6.19. The highest BCUT2D eigenvalue weighted by atomic mass is 31.2. The molecule has 15 heavy (non-hydrogen) atoms. The van der Waals surface area contributed by atoms with Crippen molar-refractivity contribution in [2.45, 2.75) is 26.2 Å². The first-order valence-corrected chi connectivity index (χ1v) is 6.37. The molecule has 0 fully saturated rings. The van der Waals surface area contributed by atoms with Crippen LogP contribution in [-0.4, -0.2) is 15.6 Å². The van der Waals surface area contributed by atoms with Crippen LogP contribution < -0.4 is 5.32 Å². The minimum atomic E-state index is -1.91. The zero-order chi connectivity index (χ0) is 11.3. The molecule has 0 aromatic heterocycles. The minimum absolute atomic E-state index is 0.217. The third-order valence-electron chi connectivity index (χ3n) is 2.24. The molecule has 3 N–H and O–H groups in total. The van der Waals surface area contributed by atoms with E-state index in [0.717, 1.165) is 5.56 Å². The molecule has 1 aromatic rings. The van der Waals surface area contributed by atoms with E-state index in [2.05, 4.69) is 5.32 Å². The third-order valence-corrected chi connectivity index (χ3v) is 3.51. The van der Waals surface area contributed by atoms with E-state index in [0.29, 0.717) is 6.54 Å². The first kappa shape index (κ1) is 12.6. The summed E-state index contributed by atoms with van der Waals surface area (Å²) in [6.45, 7) is 4.62. The van der Waals surface area contributed by atoms with Gasteiger partial charge in [-0.25, -0.2) is 0 Å². The molecule has 0 bridgehead atoms. The number of hydrogen-bond acceptors (Lipinski definition) is 3. The summed E-state index contributed by atoms with van der Waals surface area (Å²) in [6.07, 6.45) is 0. The highest BCUT2D eigenvalue weighted by Gasteiger charge is 2.20. The van der Waals surface area contributed by atoms with Gasteiger partial charge in [0.05, 0.1) is 5.78 Å². The molecule has 84 valence electrons. The van der Waals surface area contributed by atoms with Crippen LogP contribution in [0.15, 0.2) is 30.3 Å². The van der Waals surface area contributed by atoms with E-state index < -0.39 is 8.38 Å². The lowest BCUT2D eigenvalue weighted by molar-refractivity contribution is 0.403. The second-order valence-electron chi connectivity index (χ2n) is 3.88. The molecule has 0 aliphatic carbocycles. The van der Waals surface area contributed by atoms with Crippen molar-refractivity contribution in [1.29, 1.82) is 0 Å². The fourth-order valence-electron chi connectivity index (χ4n) is 1.40. The Labute approximate surface area is 92.1 Å². The topological polar surface area (TPSA) is 52.5 Å². The highest BCUT2D eigenvalue weighted by Crippen LogP contribution is 2.33. The average Bonchev–Trinajstić information content (AvgIpc) is 2.18. The lowest BCUT2D eigenvalue weighted by atomic mass is 10.2. The summed E-state index contributed by atoms with van der Waals surface area (Å²) in [5, 5.41) is 3.16. The Hall–Kier alpha value is -0.470. The molecule has 0 heterocycles. The van der Waals surface area contributed by atoms with E-state index in [-0.39, 0.29) is 11.7 Å². The summed E-state index contributed by atoms with van der Waals surface area (Å²) in [5.41, 5.74) is 1.15. The summed E-state index contributed by atoms with van der Waals surface area (Å²) < 4.78 is 0. The van der Waals surface area contributed by atoms with E-state index in [1.54, 1.807) is 0 Å². The largest absolute Gasteiger partial charge is 0.349 e. The van der Waals surface area contributed by atoms with Crippen LogP contribution in [0.25, 0.3) is 0 Å². The molecule has 0 radical (unpaired) electrons. The van der Waals surface area contributed by atoms with E-state index in [1.807, 2.05) is 44.2 Å². The fraction of sp³-hybridized carbons (Fsp3) is 0.455. The van der Waals surface area contributed by atoms with Crippen LogP contribution in [-0.2, 0) is 6.54 Å². The van der Waals surface area contributed by atoms with Crippen LogP contribution in [0.3, 0.4) is 0 Å². The van der Waals surface area contributed by atoms with Crippen molar-refractivity contribution in [3.8, 4) is 0 Å². The van der Waals surface area contributed by atoms with Crippen LogP contribution >= 0.6 is 8.38 Å². The summed E-state index contributed by atoms with van der Waals surface area (Å²) >= 11 is 0. The van der Waals surface area contributed by atoms with Gasteiger partial charge < -0.3 is 15.1 Å².